The standard InChI is InChI=1S/C22H22O11/c1-8-16(25)18(27)20(29)22(31-8)33-14-7-10(23)6-13-15(14)17(26)19(28)21(32-13)9-3-4-11(24)12(5-9)30-2/h3-8,16,18,20,22-25,27-29H,1-2H3. The van der Waals surface area contributed by atoms with Gasteiger partial charge < -0.3 is 49.3 Å². The molecule has 11 nitrogen and oxygen atoms in total. The molecule has 33 heavy (non-hydrogen) atoms. The first kappa shape index (κ1) is 22.7. The molecule has 1 fully saturated rings. The van der Waals surface area contributed by atoms with Crippen molar-refractivity contribution in [1.29, 1.82) is 0 Å². The number of hydrogen-bond acceptors (Lipinski definition) is 11. The smallest absolute Gasteiger partial charge is 0.238 e. The van der Waals surface area contributed by atoms with Crippen LogP contribution in [-0.2, 0) is 4.74 Å². The lowest BCUT2D eigenvalue weighted by Crippen LogP contribution is -2.58. The Bertz CT molecular complexity index is 1250. The lowest BCUT2D eigenvalue weighted by Gasteiger charge is -2.38. The molecule has 0 amide bonds. The second-order valence-electron chi connectivity index (χ2n) is 7.61. The third-order valence-corrected chi connectivity index (χ3v) is 5.41. The first-order valence-electron chi connectivity index (χ1n) is 9.88. The van der Waals surface area contributed by atoms with Crippen LogP contribution in [0, 0.1) is 0 Å². The maximum atomic E-state index is 13.0. The fourth-order valence-corrected chi connectivity index (χ4v) is 3.60. The third-order valence-electron chi connectivity index (χ3n) is 5.41. The number of fused-ring (bicyclic) bond motifs is 1. The van der Waals surface area contributed by atoms with Gasteiger partial charge in [-0.25, -0.2) is 0 Å². The van der Waals surface area contributed by atoms with Crippen LogP contribution in [0.1, 0.15) is 6.92 Å². The van der Waals surface area contributed by atoms with Crippen molar-refractivity contribution in [2.45, 2.75) is 37.6 Å². The van der Waals surface area contributed by atoms with Crippen LogP contribution in [0.15, 0.2) is 39.5 Å². The summed E-state index contributed by atoms with van der Waals surface area (Å²) in [7, 11) is 1.33. The van der Waals surface area contributed by atoms with Crippen molar-refractivity contribution in [2.75, 3.05) is 7.11 Å². The molecule has 3 aromatic rings. The maximum absolute atomic E-state index is 13.0. The molecule has 2 aromatic carbocycles. The molecule has 11 heteroatoms. The molecule has 0 aliphatic carbocycles. The highest BCUT2D eigenvalue weighted by Crippen LogP contribution is 2.39. The number of phenols is 2. The molecule has 1 saturated heterocycles. The normalized spacial score (nSPS) is 25.2. The van der Waals surface area contributed by atoms with Crippen LogP contribution in [0.3, 0.4) is 0 Å². The Morgan fingerprint density at radius 2 is 1.67 bits per heavy atom. The Morgan fingerprint density at radius 1 is 0.939 bits per heavy atom. The monoisotopic (exact) mass is 462 g/mol. The van der Waals surface area contributed by atoms with Crippen LogP contribution in [-0.4, -0.2) is 68.5 Å². The molecule has 0 saturated carbocycles. The summed E-state index contributed by atoms with van der Waals surface area (Å²) in [4.78, 5) is 13.0. The zero-order chi connectivity index (χ0) is 24.0. The predicted molar refractivity (Wildman–Crippen MR) is 112 cm³/mol. The summed E-state index contributed by atoms with van der Waals surface area (Å²) in [5, 5.41) is 60.3. The fraction of sp³-hybridized carbons (Fsp3) is 0.318. The van der Waals surface area contributed by atoms with Gasteiger partial charge in [-0.2, -0.15) is 0 Å². The number of methoxy groups -OCH3 is 1. The molecule has 2 heterocycles. The average Bonchev–Trinajstić information content (AvgIpc) is 2.78. The summed E-state index contributed by atoms with van der Waals surface area (Å²) >= 11 is 0. The molecule has 1 aliphatic heterocycles. The number of aliphatic hydroxyl groups excluding tert-OH is 3. The van der Waals surface area contributed by atoms with E-state index in [1.165, 1.54) is 32.2 Å². The van der Waals surface area contributed by atoms with Crippen molar-refractivity contribution >= 4 is 11.0 Å². The number of aliphatic hydroxyl groups is 3. The van der Waals surface area contributed by atoms with Gasteiger partial charge in [0.2, 0.25) is 17.5 Å². The van der Waals surface area contributed by atoms with Gasteiger partial charge in [0.25, 0.3) is 0 Å². The first-order chi connectivity index (χ1) is 15.6. The van der Waals surface area contributed by atoms with E-state index in [9.17, 15) is 35.4 Å². The molecule has 4 rings (SSSR count). The van der Waals surface area contributed by atoms with Crippen LogP contribution >= 0.6 is 0 Å². The predicted octanol–water partition coefficient (Wildman–Crippen LogP) is 0.792. The summed E-state index contributed by atoms with van der Waals surface area (Å²) in [5.74, 6) is -1.76. The van der Waals surface area contributed by atoms with Crippen molar-refractivity contribution in [3.63, 3.8) is 0 Å². The molecular weight excluding hydrogens is 440 g/mol. The van der Waals surface area contributed by atoms with E-state index >= 15 is 0 Å². The highest BCUT2D eigenvalue weighted by molar-refractivity contribution is 5.88. The van der Waals surface area contributed by atoms with Gasteiger partial charge in [0.1, 0.15) is 40.8 Å². The van der Waals surface area contributed by atoms with E-state index in [-0.39, 0.29) is 45.3 Å². The van der Waals surface area contributed by atoms with Gasteiger partial charge in [-0.3, -0.25) is 4.79 Å². The topological polar surface area (TPSA) is 179 Å². The van der Waals surface area contributed by atoms with Crippen LogP contribution < -0.4 is 14.9 Å². The van der Waals surface area contributed by atoms with Crippen molar-refractivity contribution < 1.29 is 49.3 Å². The molecule has 5 unspecified atom stereocenters. The lowest BCUT2D eigenvalue weighted by atomic mass is 10.00. The van der Waals surface area contributed by atoms with Gasteiger partial charge in [0.15, 0.2) is 17.3 Å². The van der Waals surface area contributed by atoms with E-state index in [4.69, 9.17) is 18.6 Å². The molecule has 5 atom stereocenters. The highest BCUT2D eigenvalue weighted by atomic mass is 16.7. The second-order valence-corrected chi connectivity index (χ2v) is 7.61. The zero-order valence-electron chi connectivity index (χ0n) is 17.5. The van der Waals surface area contributed by atoms with Gasteiger partial charge in [0.05, 0.1) is 13.2 Å². The quantitative estimate of drug-likeness (QED) is 0.323. The lowest BCUT2D eigenvalue weighted by molar-refractivity contribution is -0.267. The number of benzene rings is 2. The Balaban J connectivity index is 1.82. The fourth-order valence-electron chi connectivity index (χ4n) is 3.60. The number of ether oxygens (including phenoxy) is 3. The Hall–Kier alpha value is -3.51. The number of rotatable bonds is 4. The maximum Gasteiger partial charge on any atom is 0.238 e. The van der Waals surface area contributed by atoms with Crippen LogP contribution in [0.25, 0.3) is 22.3 Å². The molecule has 1 aromatic heterocycles. The molecule has 0 spiro atoms. The van der Waals surface area contributed by atoms with Crippen molar-refractivity contribution in [3.05, 3.63) is 40.6 Å². The molecule has 0 radical (unpaired) electrons. The number of hydrogen-bond donors (Lipinski definition) is 6. The Labute approximate surface area is 186 Å². The van der Waals surface area contributed by atoms with Gasteiger partial charge in [-0.1, -0.05) is 0 Å². The summed E-state index contributed by atoms with van der Waals surface area (Å²) in [6.07, 6.45) is -7.01. The summed E-state index contributed by atoms with van der Waals surface area (Å²) < 4.78 is 21.6. The minimum absolute atomic E-state index is 0.0767. The largest absolute Gasteiger partial charge is 0.508 e. The van der Waals surface area contributed by atoms with Crippen LogP contribution in [0.4, 0.5) is 0 Å². The van der Waals surface area contributed by atoms with Gasteiger partial charge >= 0.3 is 0 Å². The minimum atomic E-state index is -1.67. The van der Waals surface area contributed by atoms with Gasteiger partial charge in [-0.05, 0) is 25.1 Å². The van der Waals surface area contributed by atoms with E-state index in [2.05, 4.69) is 0 Å². The molecule has 0 bridgehead atoms. The van der Waals surface area contributed by atoms with E-state index in [1.54, 1.807) is 0 Å². The second kappa shape index (κ2) is 8.45. The number of aromatic hydroxyl groups is 3. The van der Waals surface area contributed by atoms with E-state index in [0.717, 1.165) is 12.1 Å². The van der Waals surface area contributed by atoms with Crippen molar-refractivity contribution in [2.24, 2.45) is 0 Å². The molecule has 1 aliphatic rings. The molecule has 6 N–H and O–H groups in total. The zero-order valence-corrected chi connectivity index (χ0v) is 17.5. The summed E-state index contributed by atoms with van der Waals surface area (Å²) in [5.41, 5.74) is -0.857. The average molecular weight is 462 g/mol. The third kappa shape index (κ3) is 3.91. The molecule has 176 valence electrons. The SMILES string of the molecule is COc1cc(-c2oc3cc(O)cc(OC4OC(C)C(O)C(O)C4O)c3c(=O)c2O)ccc1O. The van der Waals surface area contributed by atoms with E-state index < -0.39 is 41.9 Å². The summed E-state index contributed by atoms with van der Waals surface area (Å²) in [6.45, 7) is 1.45. The first-order valence-corrected chi connectivity index (χ1v) is 9.88. The van der Waals surface area contributed by atoms with Gasteiger partial charge in [0, 0.05) is 17.7 Å². The highest BCUT2D eigenvalue weighted by Gasteiger charge is 2.43. The van der Waals surface area contributed by atoms with Crippen molar-refractivity contribution in [1.82, 2.24) is 0 Å². The molecular formula is C22H22O11. The number of phenolic OH excluding ortho intramolecular Hbond substituents is 2. The Morgan fingerprint density at radius 3 is 2.36 bits per heavy atom. The van der Waals surface area contributed by atoms with Crippen molar-refractivity contribution in [3.8, 4) is 40.1 Å². The Kier molecular flexibility index (Phi) is 5.80. The van der Waals surface area contributed by atoms with Gasteiger partial charge in [-0.15, -0.1) is 0 Å². The van der Waals surface area contributed by atoms with Crippen LogP contribution in [0.2, 0.25) is 0 Å². The minimum Gasteiger partial charge on any atom is -0.508 e. The van der Waals surface area contributed by atoms with E-state index in [1.807, 2.05) is 0 Å². The van der Waals surface area contributed by atoms with Crippen LogP contribution in [0.5, 0.6) is 28.7 Å². The van der Waals surface area contributed by atoms with E-state index in [0.29, 0.717) is 0 Å². The summed E-state index contributed by atoms with van der Waals surface area (Å²) in [6, 6.07) is 6.21.